The fourth-order valence-electron chi connectivity index (χ4n) is 5.40. The van der Waals surface area contributed by atoms with Gasteiger partial charge in [0.15, 0.2) is 0 Å². The normalized spacial score (nSPS) is 32.8. The molecule has 6 atom stereocenters. The Hall–Kier alpha value is -2.96. The van der Waals surface area contributed by atoms with E-state index in [1.165, 1.54) is 0 Å². The van der Waals surface area contributed by atoms with Gasteiger partial charge in [-0.1, -0.05) is 0 Å². The highest BCUT2D eigenvalue weighted by Crippen LogP contribution is 2.47. The Morgan fingerprint density at radius 2 is 1.93 bits per heavy atom. The van der Waals surface area contributed by atoms with Crippen LogP contribution >= 0.6 is 0 Å². The summed E-state index contributed by atoms with van der Waals surface area (Å²) < 4.78 is 0. The number of nitrogens with two attached hydrogens (primary N) is 2. The molecule has 9 nitrogen and oxygen atoms in total. The molecule has 4 aliphatic rings. The number of carbonyl (C=O) groups excluding carboxylic acids is 3. The molecule has 0 spiro atoms. The van der Waals surface area contributed by atoms with E-state index in [0.29, 0.717) is 31.0 Å². The van der Waals surface area contributed by atoms with Crippen molar-refractivity contribution in [1.82, 2.24) is 9.80 Å². The van der Waals surface area contributed by atoms with Gasteiger partial charge in [0, 0.05) is 30.4 Å². The molecule has 3 amide bonds. The Kier molecular flexibility index (Phi) is 4.31. The Balaban J connectivity index is 1.24. The molecule has 0 aromatic heterocycles. The third-order valence-electron chi connectivity index (χ3n) is 6.96. The van der Waals surface area contributed by atoms with Crippen molar-refractivity contribution in [2.45, 2.75) is 49.5 Å². The molecule has 3 aliphatic heterocycles. The van der Waals surface area contributed by atoms with Crippen LogP contribution in [0.3, 0.4) is 0 Å². The molecular formula is C21H24N6O3. The van der Waals surface area contributed by atoms with E-state index in [0.717, 1.165) is 18.5 Å². The summed E-state index contributed by atoms with van der Waals surface area (Å²) in [5.74, 6) is -0.254. The summed E-state index contributed by atoms with van der Waals surface area (Å²) in [7, 11) is 0. The molecule has 3 saturated heterocycles. The van der Waals surface area contributed by atoms with Crippen LogP contribution < -0.4 is 16.4 Å². The fraction of sp³-hybridized carbons (Fsp3) is 0.524. The first kappa shape index (κ1) is 19.0. The Morgan fingerprint density at radius 1 is 1.20 bits per heavy atom. The molecule has 0 radical (unpaired) electrons. The molecule has 5 rings (SSSR count). The fourth-order valence-corrected chi connectivity index (χ4v) is 5.40. The minimum absolute atomic E-state index is 0.00989. The number of nitrogens with zero attached hydrogens (tertiary/aromatic N) is 4. The number of piperidine rings is 1. The molecule has 1 unspecified atom stereocenters. The van der Waals surface area contributed by atoms with E-state index in [1.807, 2.05) is 4.90 Å². The molecule has 2 bridgehead atoms. The number of piperazine rings is 1. The second kappa shape index (κ2) is 6.79. The second-order valence-corrected chi connectivity index (χ2v) is 8.77. The monoisotopic (exact) mass is 408 g/mol. The van der Waals surface area contributed by atoms with Gasteiger partial charge in [-0.05, 0) is 49.4 Å². The summed E-state index contributed by atoms with van der Waals surface area (Å²) in [5.41, 5.74) is 12.7. The standard InChI is InChI=1S/C21H24N6O3/c22-8-14-5-12-6-17(12)27(14)20(29)16(23)10-25-9-15-7-18(25)21(30)26(15)13-3-1-11(2-4-13)19(24)28/h1-4,12,14-18H,5-7,9-10,23H2,(H2,24,28)/t12-,14+,15-,16+,17?,18-/m1/s1. The molecular weight excluding hydrogens is 384 g/mol. The van der Waals surface area contributed by atoms with Crippen molar-refractivity contribution in [3.8, 4) is 6.07 Å². The smallest absolute Gasteiger partial charge is 0.248 e. The largest absolute Gasteiger partial charge is 0.366 e. The number of benzene rings is 1. The summed E-state index contributed by atoms with van der Waals surface area (Å²) in [6, 6.07) is 7.70. The summed E-state index contributed by atoms with van der Waals surface area (Å²) in [6.07, 6.45) is 2.40. The Morgan fingerprint density at radius 3 is 2.57 bits per heavy atom. The number of primary amides is 1. The third-order valence-corrected chi connectivity index (χ3v) is 6.96. The molecule has 4 fully saturated rings. The van der Waals surface area contributed by atoms with Gasteiger partial charge < -0.3 is 21.3 Å². The van der Waals surface area contributed by atoms with Crippen LogP contribution in [0.25, 0.3) is 0 Å². The number of carbonyl (C=O) groups is 3. The highest BCUT2D eigenvalue weighted by Gasteiger charge is 2.55. The van der Waals surface area contributed by atoms with Crippen LogP contribution in [0.2, 0.25) is 0 Å². The van der Waals surface area contributed by atoms with Crippen LogP contribution in [0.15, 0.2) is 24.3 Å². The molecule has 1 aromatic carbocycles. The van der Waals surface area contributed by atoms with Crippen LogP contribution in [0.1, 0.15) is 29.6 Å². The van der Waals surface area contributed by atoms with Crippen molar-refractivity contribution in [2.75, 3.05) is 18.0 Å². The average molecular weight is 408 g/mol. The van der Waals surface area contributed by atoms with Crippen LogP contribution in [-0.2, 0) is 9.59 Å². The maximum Gasteiger partial charge on any atom is 0.248 e. The first-order chi connectivity index (χ1) is 14.4. The molecule has 156 valence electrons. The minimum Gasteiger partial charge on any atom is -0.366 e. The number of nitriles is 1. The summed E-state index contributed by atoms with van der Waals surface area (Å²) >= 11 is 0. The van der Waals surface area contributed by atoms with Crippen molar-refractivity contribution in [3.05, 3.63) is 29.8 Å². The van der Waals surface area contributed by atoms with Crippen LogP contribution in [0.5, 0.6) is 0 Å². The Labute approximate surface area is 174 Å². The van der Waals surface area contributed by atoms with E-state index in [1.54, 1.807) is 34.1 Å². The van der Waals surface area contributed by atoms with Crippen molar-refractivity contribution in [2.24, 2.45) is 17.4 Å². The predicted molar refractivity (Wildman–Crippen MR) is 107 cm³/mol. The van der Waals surface area contributed by atoms with E-state index < -0.39 is 11.9 Å². The highest BCUT2D eigenvalue weighted by atomic mass is 16.2. The molecule has 9 heteroatoms. The van der Waals surface area contributed by atoms with Crippen molar-refractivity contribution < 1.29 is 14.4 Å². The van der Waals surface area contributed by atoms with Gasteiger partial charge in [0.2, 0.25) is 17.7 Å². The van der Waals surface area contributed by atoms with Crippen LogP contribution in [-0.4, -0.2) is 70.8 Å². The lowest BCUT2D eigenvalue weighted by atomic mass is 10.1. The van der Waals surface area contributed by atoms with Gasteiger partial charge in [-0.15, -0.1) is 0 Å². The topological polar surface area (TPSA) is 137 Å². The van der Waals surface area contributed by atoms with E-state index in [2.05, 4.69) is 6.07 Å². The zero-order valence-corrected chi connectivity index (χ0v) is 16.5. The zero-order chi connectivity index (χ0) is 21.2. The van der Waals surface area contributed by atoms with Gasteiger partial charge in [0.05, 0.1) is 24.2 Å². The van der Waals surface area contributed by atoms with Gasteiger partial charge in [0.1, 0.15) is 6.04 Å². The molecule has 30 heavy (non-hydrogen) atoms. The zero-order valence-electron chi connectivity index (χ0n) is 16.5. The van der Waals surface area contributed by atoms with Gasteiger partial charge in [-0.25, -0.2) is 0 Å². The number of likely N-dealkylation sites (tertiary alicyclic amines) is 2. The molecule has 4 N–H and O–H groups in total. The van der Waals surface area contributed by atoms with E-state index in [4.69, 9.17) is 11.5 Å². The van der Waals surface area contributed by atoms with Gasteiger partial charge >= 0.3 is 0 Å². The van der Waals surface area contributed by atoms with Crippen molar-refractivity contribution >= 4 is 23.4 Å². The lowest BCUT2D eigenvalue weighted by Crippen LogP contribution is -2.57. The maximum absolute atomic E-state index is 13.0. The minimum atomic E-state index is -0.740. The second-order valence-electron chi connectivity index (χ2n) is 8.77. The first-order valence-electron chi connectivity index (χ1n) is 10.3. The molecule has 3 heterocycles. The third kappa shape index (κ3) is 2.87. The number of hydrogen-bond donors (Lipinski definition) is 2. The predicted octanol–water partition coefficient (Wildman–Crippen LogP) is -0.585. The quantitative estimate of drug-likeness (QED) is 0.668. The molecule has 1 saturated carbocycles. The number of fused-ring (bicyclic) bond motifs is 3. The summed E-state index contributed by atoms with van der Waals surface area (Å²) in [6.45, 7) is 0.953. The lowest BCUT2D eigenvalue weighted by Gasteiger charge is -2.35. The van der Waals surface area contributed by atoms with Gasteiger partial charge in [-0.3, -0.25) is 19.3 Å². The number of amides is 3. The highest BCUT2D eigenvalue weighted by molar-refractivity contribution is 6.02. The van der Waals surface area contributed by atoms with Gasteiger partial charge in [0.25, 0.3) is 0 Å². The number of anilines is 1. The van der Waals surface area contributed by atoms with E-state index in [-0.39, 0.29) is 36.0 Å². The first-order valence-corrected chi connectivity index (χ1v) is 10.3. The summed E-state index contributed by atoms with van der Waals surface area (Å²) in [4.78, 5) is 42.6. The van der Waals surface area contributed by atoms with E-state index >= 15 is 0 Å². The van der Waals surface area contributed by atoms with Crippen molar-refractivity contribution in [1.29, 1.82) is 5.26 Å². The summed E-state index contributed by atoms with van der Waals surface area (Å²) in [5, 5.41) is 9.32. The maximum atomic E-state index is 13.0. The number of rotatable bonds is 5. The lowest BCUT2D eigenvalue weighted by molar-refractivity contribution is -0.135. The van der Waals surface area contributed by atoms with Crippen LogP contribution in [0, 0.1) is 17.2 Å². The Bertz CT molecular complexity index is 956. The average Bonchev–Trinajstić information content (AvgIpc) is 3.07. The molecule has 1 aromatic rings. The van der Waals surface area contributed by atoms with E-state index in [9.17, 15) is 19.6 Å². The van der Waals surface area contributed by atoms with Crippen molar-refractivity contribution in [3.63, 3.8) is 0 Å². The number of hydrogen-bond acceptors (Lipinski definition) is 6. The van der Waals surface area contributed by atoms with Crippen LogP contribution in [0.4, 0.5) is 5.69 Å². The molecule has 1 aliphatic carbocycles. The van der Waals surface area contributed by atoms with Gasteiger partial charge in [-0.2, -0.15) is 5.26 Å². The SMILES string of the molecule is N#C[C@@H]1C[C@@H]2CC2N1C(=O)[C@@H](N)CN1C[C@H]2C[C@@H]1C(=O)N2c1ccc(C(N)=O)cc1.